The smallest absolute Gasteiger partial charge is 0.312 e. The van der Waals surface area contributed by atoms with Crippen LogP contribution in [0.4, 0.5) is 0 Å². The van der Waals surface area contributed by atoms with Gasteiger partial charge in [-0.1, -0.05) is 6.07 Å². The number of likely N-dealkylation sites (tertiary alicyclic amines) is 1. The van der Waals surface area contributed by atoms with Gasteiger partial charge in [-0.15, -0.1) is 0 Å². The molecule has 0 aromatic heterocycles. The van der Waals surface area contributed by atoms with Gasteiger partial charge in [0.15, 0.2) is 11.5 Å². The molecule has 7 nitrogen and oxygen atoms in total. The van der Waals surface area contributed by atoms with Gasteiger partial charge < -0.3 is 20.1 Å². The molecule has 1 saturated heterocycles. The molecule has 22 heavy (non-hydrogen) atoms. The Hall–Kier alpha value is -2.28. The maximum atomic E-state index is 11.5. The molecule has 0 unspecified atom stereocenters. The van der Waals surface area contributed by atoms with Crippen molar-refractivity contribution in [2.24, 2.45) is 10.8 Å². The van der Waals surface area contributed by atoms with E-state index >= 15 is 0 Å². The molecule has 1 heterocycles. The molecule has 2 atom stereocenters. The molecule has 118 valence electrons. The molecule has 2 fully saturated rings. The van der Waals surface area contributed by atoms with Crippen LogP contribution in [0.25, 0.3) is 0 Å². The first-order valence-corrected chi connectivity index (χ1v) is 6.90. The lowest BCUT2D eigenvalue weighted by Gasteiger charge is -2.19. The first kappa shape index (κ1) is 14.6. The highest BCUT2D eigenvalue weighted by Gasteiger charge is 2.80. The second-order valence-corrected chi connectivity index (χ2v) is 6.10. The Labute approximate surface area is 126 Å². The summed E-state index contributed by atoms with van der Waals surface area (Å²) in [6, 6.07) is 4.94. The number of piperidine rings is 1. The van der Waals surface area contributed by atoms with Gasteiger partial charge in [0.1, 0.15) is 0 Å². The number of phenolic OH excluding ortho intramolecular Hbond substituents is 1. The van der Waals surface area contributed by atoms with Crippen molar-refractivity contribution in [1.29, 1.82) is 0 Å². The summed E-state index contributed by atoms with van der Waals surface area (Å²) in [6.45, 7) is 0.810. The van der Waals surface area contributed by atoms with E-state index in [1.807, 2.05) is 4.90 Å². The number of phenols is 1. The molecule has 2 aliphatic rings. The highest BCUT2D eigenvalue weighted by molar-refractivity contribution is 5.94. The van der Waals surface area contributed by atoms with Crippen LogP contribution in [0.2, 0.25) is 0 Å². The lowest BCUT2D eigenvalue weighted by Crippen LogP contribution is -2.28. The lowest BCUT2D eigenvalue weighted by molar-refractivity contribution is -0.151. The summed E-state index contributed by atoms with van der Waals surface area (Å²) in [4.78, 5) is 24.7. The van der Waals surface area contributed by atoms with Gasteiger partial charge in [-0.2, -0.15) is 0 Å². The Morgan fingerprint density at radius 2 is 1.82 bits per heavy atom. The lowest BCUT2D eigenvalue weighted by atomic mass is 9.97. The van der Waals surface area contributed by atoms with Crippen molar-refractivity contribution >= 4 is 11.9 Å². The molecule has 0 spiro atoms. The monoisotopic (exact) mass is 307 g/mol. The van der Waals surface area contributed by atoms with Gasteiger partial charge in [-0.3, -0.25) is 14.5 Å². The molecule has 1 aliphatic heterocycles. The number of aliphatic carboxylic acids is 2. The van der Waals surface area contributed by atoms with Crippen molar-refractivity contribution in [3.8, 4) is 11.5 Å². The average molecular weight is 307 g/mol. The van der Waals surface area contributed by atoms with Crippen LogP contribution >= 0.6 is 0 Å². The van der Waals surface area contributed by atoms with E-state index in [1.54, 1.807) is 18.2 Å². The van der Waals surface area contributed by atoms with E-state index in [0.717, 1.165) is 5.56 Å². The average Bonchev–Trinajstić information content (AvgIpc) is 2.99. The molecule has 0 amide bonds. The summed E-state index contributed by atoms with van der Waals surface area (Å²) >= 11 is 0. The maximum Gasteiger partial charge on any atom is 0.312 e. The highest BCUT2D eigenvalue weighted by atomic mass is 16.5. The van der Waals surface area contributed by atoms with E-state index in [1.165, 1.54) is 7.11 Å². The van der Waals surface area contributed by atoms with Crippen LogP contribution in [0, 0.1) is 10.8 Å². The number of methoxy groups -OCH3 is 1. The van der Waals surface area contributed by atoms with Gasteiger partial charge in [-0.25, -0.2) is 0 Å². The molecule has 0 bridgehead atoms. The van der Waals surface area contributed by atoms with Gasteiger partial charge in [0.2, 0.25) is 0 Å². The van der Waals surface area contributed by atoms with Crippen molar-refractivity contribution in [2.75, 3.05) is 20.2 Å². The van der Waals surface area contributed by atoms with Crippen molar-refractivity contribution < 1.29 is 29.6 Å². The number of hydrogen-bond acceptors (Lipinski definition) is 5. The molecule has 1 aromatic rings. The summed E-state index contributed by atoms with van der Waals surface area (Å²) in [5, 5.41) is 28.5. The zero-order valence-corrected chi connectivity index (χ0v) is 12.1. The minimum Gasteiger partial charge on any atom is -0.504 e. The van der Waals surface area contributed by atoms with E-state index < -0.39 is 22.8 Å². The summed E-state index contributed by atoms with van der Waals surface area (Å²) in [5.74, 6) is -1.73. The number of fused-ring (bicyclic) bond motifs is 1. The number of hydrogen-bond donors (Lipinski definition) is 3. The number of ether oxygens (including phenoxy) is 1. The fourth-order valence-electron chi connectivity index (χ4n) is 3.60. The number of carbonyl (C=O) groups is 2. The first-order chi connectivity index (χ1) is 10.3. The molecule has 1 saturated carbocycles. The molecule has 7 heteroatoms. The minimum absolute atomic E-state index is 0.00486. The van der Waals surface area contributed by atoms with E-state index in [4.69, 9.17) is 4.74 Å². The topological polar surface area (TPSA) is 107 Å². The van der Waals surface area contributed by atoms with Gasteiger partial charge in [-0.05, 0) is 24.1 Å². The molecular formula is C15H17NO6. The standard InChI is InChI=1S/C15H17NO6/c1-22-11-3-2-9(4-10(11)17)5-16-7-14(12(18)19)6-15(14,8-16)13(20)21/h2-4,17H,5-8H2,1H3,(H,18,19)(H,20,21)/t14-,15+. The largest absolute Gasteiger partial charge is 0.504 e. The minimum atomic E-state index is -1.17. The van der Waals surface area contributed by atoms with E-state index in [9.17, 15) is 24.9 Å². The zero-order chi connectivity index (χ0) is 16.1. The number of carboxylic acids is 2. The maximum absolute atomic E-state index is 11.5. The van der Waals surface area contributed by atoms with Crippen LogP contribution in [0.1, 0.15) is 12.0 Å². The summed E-state index contributed by atoms with van der Waals surface area (Å²) in [6.07, 6.45) is 0.190. The zero-order valence-electron chi connectivity index (χ0n) is 12.1. The van der Waals surface area contributed by atoms with Crippen molar-refractivity contribution in [2.45, 2.75) is 13.0 Å². The predicted octanol–water partition coefficient (Wildman–Crippen LogP) is 0.762. The Bertz CT molecular complexity index is 631. The molecule has 0 radical (unpaired) electrons. The third kappa shape index (κ3) is 1.85. The fourth-order valence-corrected chi connectivity index (χ4v) is 3.60. The van der Waals surface area contributed by atoms with E-state index in [-0.39, 0.29) is 25.3 Å². The van der Waals surface area contributed by atoms with Gasteiger partial charge >= 0.3 is 11.9 Å². The second kappa shape index (κ2) is 4.61. The molecule has 1 aromatic carbocycles. The van der Waals surface area contributed by atoms with Crippen molar-refractivity contribution in [1.82, 2.24) is 4.90 Å². The number of rotatable bonds is 5. The number of carboxylic acid groups (broad SMARTS) is 2. The third-order valence-corrected chi connectivity index (χ3v) is 4.85. The van der Waals surface area contributed by atoms with Crippen molar-refractivity contribution in [3.05, 3.63) is 23.8 Å². The fraction of sp³-hybridized carbons (Fsp3) is 0.467. The van der Waals surface area contributed by atoms with Crippen LogP contribution in [-0.2, 0) is 16.1 Å². The van der Waals surface area contributed by atoms with Crippen molar-refractivity contribution in [3.63, 3.8) is 0 Å². The van der Waals surface area contributed by atoms with Crippen LogP contribution in [-0.4, -0.2) is 52.4 Å². The summed E-state index contributed by atoms with van der Waals surface area (Å²) in [7, 11) is 1.45. The Morgan fingerprint density at radius 1 is 1.23 bits per heavy atom. The van der Waals surface area contributed by atoms with Gasteiger partial charge in [0.05, 0.1) is 17.9 Å². The summed E-state index contributed by atoms with van der Waals surface area (Å²) in [5.41, 5.74) is -1.57. The Kier molecular flexibility index (Phi) is 3.07. The molecule has 1 aliphatic carbocycles. The number of benzene rings is 1. The summed E-state index contributed by atoms with van der Waals surface area (Å²) < 4.78 is 4.97. The van der Waals surface area contributed by atoms with E-state index in [0.29, 0.717) is 12.3 Å². The predicted molar refractivity (Wildman–Crippen MR) is 74.7 cm³/mol. The van der Waals surface area contributed by atoms with Crippen LogP contribution in [0.5, 0.6) is 11.5 Å². The molecule has 3 rings (SSSR count). The quantitative estimate of drug-likeness (QED) is 0.737. The van der Waals surface area contributed by atoms with Crippen LogP contribution < -0.4 is 4.74 Å². The third-order valence-electron chi connectivity index (χ3n) is 4.85. The number of nitrogens with zero attached hydrogens (tertiary/aromatic N) is 1. The Morgan fingerprint density at radius 3 is 2.27 bits per heavy atom. The molecular weight excluding hydrogens is 290 g/mol. The van der Waals surface area contributed by atoms with Crippen LogP contribution in [0.15, 0.2) is 18.2 Å². The second-order valence-electron chi connectivity index (χ2n) is 6.10. The highest BCUT2D eigenvalue weighted by Crippen LogP contribution is 2.68. The van der Waals surface area contributed by atoms with Gasteiger partial charge in [0, 0.05) is 19.6 Å². The SMILES string of the molecule is COc1ccc(CN2C[C@@]3(C(=O)O)C[C@@]3(C(=O)O)C2)cc1O. The van der Waals surface area contributed by atoms with Gasteiger partial charge in [0.25, 0.3) is 0 Å². The van der Waals surface area contributed by atoms with E-state index in [2.05, 4.69) is 0 Å². The Balaban J connectivity index is 1.77. The normalized spacial score (nSPS) is 29.9. The van der Waals surface area contributed by atoms with Crippen LogP contribution in [0.3, 0.4) is 0 Å². The number of aromatic hydroxyl groups is 1. The molecule has 3 N–H and O–H groups in total. The first-order valence-electron chi connectivity index (χ1n) is 6.90.